The van der Waals surface area contributed by atoms with Gasteiger partial charge in [-0.25, -0.2) is 14.2 Å². The van der Waals surface area contributed by atoms with E-state index in [-0.39, 0.29) is 27.4 Å². The van der Waals surface area contributed by atoms with Gasteiger partial charge in [0.05, 0.1) is 11.6 Å². The smallest absolute Gasteiger partial charge is 0.407 e. The van der Waals surface area contributed by atoms with E-state index >= 15 is 0 Å². The minimum Gasteiger partial charge on any atom is -0.495 e. The Balaban J connectivity index is 2.16. The molecule has 1 aliphatic heterocycles. The number of carboxylic acid groups (broad SMARTS) is 1. The molecule has 2 aromatic rings. The largest absolute Gasteiger partial charge is 0.495 e. The third kappa shape index (κ3) is 3.14. The van der Waals surface area contributed by atoms with E-state index in [1.807, 2.05) is 18.7 Å². The maximum Gasteiger partial charge on any atom is 0.407 e. The normalized spacial score (nSPS) is 20.5. The molecule has 1 fully saturated rings. The van der Waals surface area contributed by atoms with Crippen LogP contribution in [0.2, 0.25) is 5.28 Å². The monoisotopic (exact) mass is 446 g/mol. The zero-order valence-corrected chi connectivity index (χ0v) is 16.7. The molecule has 7 nitrogen and oxygen atoms in total. The minimum atomic E-state index is -0.966. The Bertz CT molecular complexity index is 884. The quantitative estimate of drug-likeness (QED) is 0.706. The molecule has 1 aromatic carbocycles. The second-order valence-electron chi connectivity index (χ2n) is 6.20. The maximum atomic E-state index is 14.7. The fourth-order valence-corrected chi connectivity index (χ4v) is 3.82. The number of aromatic nitrogens is 2. The molecular formula is C16H17BrClFN4O3. The van der Waals surface area contributed by atoms with Gasteiger partial charge in [0.15, 0.2) is 5.82 Å². The Morgan fingerprint density at radius 2 is 2.08 bits per heavy atom. The highest BCUT2D eigenvalue weighted by atomic mass is 79.9. The van der Waals surface area contributed by atoms with Gasteiger partial charge < -0.3 is 19.6 Å². The van der Waals surface area contributed by atoms with Gasteiger partial charge in [-0.2, -0.15) is 4.98 Å². The van der Waals surface area contributed by atoms with Crippen molar-refractivity contribution >= 4 is 50.3 Å². The summed E-state index contributed by atoms with van der Waals surface area (Å²) >= 11 is 9.20. The number of hydrogen-bond acceptors (Lipinski definition) is 5. The van der Waals surface area contributed by atoms with Crippen LogP contribution in [-0.4, -0.2) is 58.4 Å². The van der Waals surface area contributed by atoms with Crippen molar-refractivity contribution in [2.24, 2.45) is 0 Å². The van der Waals surface area contributed by atoms with E-state index in [9.17, 15) is 14.3 Å². The number of fused-ring (bicyclic) bond motifs is 1. The highest BCUT2D eigenvalue weighted by Gasteiger charge is 2.34. The van der Waals surface area contributed by atoms with E-state index in [1.54, 1.807) is 6.07 Å². The molecule has 0 aliphatic carbocycles. The van der Waals surface area contributed by atoms with Gasteiger partial charge in [-0.3, -0.25) is 0 Å². The van der Waals surface area contributed by atoms with Gasteiger partial charge in [0.1, 0.15) is 17.1 Å². The second-order valence-corrected chi connectivity index (χ2v) is 7.34. The summed E-state index contributed by atoms with van der Waals surface area (Å²) < 4.78 is 20.1. The average molecular weight is 448 g/mol. The van der Waals surface area contributed by atoms with Crippen molar-refractivity contribution in [3.05, 3.63) is 21.6 Å². The summed E-state index contributed by atoms with van der Waals surface area (Å²) in [5.41, 5.74) is 0.0770. The van der Waals surface area contributed by atoms with Gasteiger partial charge in [0, 0.05) is 30.6 Å². The summed E-state index contributed by atoms with van der Waals surface area (Å²) in [6.07, 6.45) is -0.966. The van der Waals surface area contributed by atoms with Crippen LogP contribution in [0.15, 0.2) is 10.5 Å². The molecule has 1 aliphatic rings. The number of hydrogen-bond donors (Lipinski definition) is 1. The van der Waals surface area contributed by atoms with Crippen LogP contribution in [0.5, 0.6) is 5.75 Å². The van der Waals surface area contributed by atoms with Gasteiger partial charge in [0.2, 0.25) is 5.28 Å². The highest BCUT2D eigenvalue weighted by molar-refractivity contribution is 9.10. The van der Waals surface area contributed by atoms with E-state index in [0.717, 1.165) is 0 Å². The van der Waals surface area contributed by atoms with Crippen LogP contribution in [0.1, 0.15) is 13.8 Å². The number of anilines is 1. The topological polar surface area (TPSA) is 78.8 Å². The van der Waals surface area contributed by atoms with Crippen LogP contribution in [-0.2, 0) is 0 Å². The average Bonchev–Trinajstić information content (AvgIpc) is 2.59. The molecule has 1 unspecified atom stereocenters. The molecule has 0 saturated carbocycles. The van der Waals surface area contributed by atoms with Crippen molar-refractivity contribution in [1.29, 1.82) is 0 Å². The standard InChI is InChI=1S/C16H17BrClFN4O3/c1-7-6-23(16(24)25)8(2)5-22(7)14-9-4-10(26-3)11(17)12(19)13(9)20-15(18)21-14/h4,7-8H,5-6H2,1-3H3,(H,24,25)/t7?,8-/m0/s1. The fourth-order valence-electron chi connectivity index (χ4n) is 3.19. The Kier molecular flexibility index (Phi) is 5.12. The first-order valence-electron chi connectivity index (χ1n) is 7.90. The van der Waals surface area contributed by atoms with Crippen LogP contribution in [0.25, 0.3) is 10.9 Å². The van der Waals surface area contributed by atoms with E-state index in [4.69, 9.17) is 16.3 Å². The van der Waals surface area contributed by atoms with E-state index < -0.39 is 11.9 Å². The van der Waals surface area contributed by atoms with Gasteiger partial charge in [0.25, 0.3) is 0 Å². The van der Waals surface area contributed by atoms with Crippen molar-refractivity contribution in [2.45, 2.75) is 25.9 Å². The number of halogens is 3. The Morgan fingerprint density at radius 3 is 2.69 bits per heavy atom. The first kappa shape index (κ1) is 18.9. The first-order chi connectivity index (χ1) is 12.2. The molecule has 0 bridgehead atoms. The molecule has 1 aromatic heterocycles. The lowest BCUT2D eigenvalue weighted by atomic mass is 10.1. The molecule has 0 spiro atoms. The van der Waals surface area contributed by atoms with E-state index in [0.29, 0.717) is 30.0 Å². The molecule has 3 rings (SSSR count). The van der Waals surface area contributed by atoms with Crippen LogP contribution in [0.3, 0.4) is 0 Å². The molecule has 0 radical (unpaired) electrons. The number of amides is 1. The van der Waals surface area contributed by atoms with Crippen molar-refractivity contribution in [2.75, 3.05) is 25.1 Å². The van der Waals surface area contributed by atoms with Gasteiger partial charge in [-0.05, 0) is 47.4 Å². The zero-order chi connectivity index (χ0) is 19.2. The third-order valence-corrected chi connectivity index (χ3v) is 5.42. The van der Waals surface area contributed by atoms with Crippen molar-refractivity contribution in [3.63, 3.8) is 0 Å². The summed E-state index contributed by atoms with van der Waals surface area (Å²) in [7, 11) is 1.44. The Morgan fingerprint density at radius 1 is 1.38 bits per heavy atom. The molecule has 1 amide bonds. The molecule has 26 heavy (non-hydrogen) atoms. The molecule has 2 atom stereocenters. The SMILES string of the molecule is COc1cc2c(N3C[C@H](C)N(C(=O)O)CC3C)nc(Cl)nc2c(F)c1Br. The summed E-state index contributed by atoms with van der Waals surface area (Å²) in [4.78, 5) is 23.0. The predicted octanol–water partition coefficient (Wildman–Crippen LogP) is 3.77. The summed E-state index contributed by atoms with van der Waals surface area (Å²) in [6.45, 7) is 4.40. The van der Waals surface area contributed by atoms with Crippen molar-refractivity contribution in [1.82, 2.24) is 14.9 Å². The fraction of sp³-hybridized carbons (Fsp3) is 0.438. The second kappa shape index (κ2) is 7.03. The van der Waals surface area contributed by atoms with Crippen LogP contribution in [0, 0.1) is 5.82 Å². The number of ether oxygens (including phenoxy) is 1. The lowest BCUT2D eigenvalue weighted by molar-refractivity contribution is 0.114. The minimum absolute atomic E-state index is 0.0770. The highest BCUT2D eigenvalue weighted by Crippen LogP contribution is 2.38. The Labute approximate surface area is 162 Å². The number of methoxy groups -OCH3 is 1. The molecule has 2 heterocycles. The van der Waals surface area contributed by atoms with Crippen molar-refractivity contribution < 1.29 is 19.0 Å². The number of benzene rings is 1. The maximum absolute atomic E-state index is 14.7. The lowest BCUT2D eigenvalue weighted by Gasteiger charge is -2.43. The molecule has 10 heteroatoms. The van der Waals surface area contributed by atoms with Gasteiger partial charge in [-0.15, -0.1) is 0 Å². The summed E-state index contributed by atoms with van der Waals surface area (Å²) in [5, 5.41) is 9.70. The number of rotatable bonds is 2. The van der Waals surface area contributed by atoms with E-state index in [2.05, 4.69) is 25.9 Å². The molecule has 1 N–H and O–H groups in total. The summed E-state index contributed by atoms with van der Waals surface area (Å²) in [6, 6.07) is 1.22. The van der Waals surface area contributed by atoms with Gasteiger partial charge in [-0.1, -0.05) is 0 Å². The molecular weight excluding hydrogens is 431 g/mol. The lowest BCUT2D eigenvalue weighted by Crippen LogP contribution is -2.58. The zero-order valence-electron chi connectivity index (χ0n) is 14.3. The predicted molar refractivity (Wildman–Crippen MR) is 99.8 cm³/mol. The van der Waals surface area contributed by atoms with Gasteiger partial charge >= 0.3 is 6.09 Å². The third-order valence-electron chi connectivity index (χ3n) is 4.51. The molecule has 140 valence electrons. The number of piperazine rings is 1. The number of nitrogens with zero attached hydrogens (tertiary/aromatic N) is 4. The Hall–Kier alpha value is -1.87. The van der Waals surface area contributed by atoms with Crippen LogP contribution >= 0.6 is 27.5 Å². The van der Waals surface area contributed by atoms with E-state index in [1.165, 1.54) is 12.0 Å². The van der Waals surface area contributed by atoms with Crippen LogP contribution < -0.4 is 9.64 Å². The first-order valence-corrected chi connectivity index (χ1v) is 9.07. The van der Waals surface area contributed by atoms with Crippen molar-refractivity contribution in [3.8, 4) is 5.75 Å². The van der Waals surface area contributed by atoms with Crippen LogP contribution in [0.4, 0.5) is 15.0 Å². The summed E-state index contributed by atoms with van der Waals surface area (Å²) in [5.74, 6) is 0.177. The number of carbonyl (C=O) groups is 1. The molecule has 1 saturated heterocycles.